The molecular weight excluding hydrogens is 495 g/mol. The van der Waals surface area contributed by atoms with Gasteiger partial charge in [0.25, 0.3) is 5.78 Å². The summed E-state index contributed by atoms with van der Waals surface area (Å²) in [5, 5.41) is 12.6. The van der Waals surface area contributed by atoms with Crippen molar-refractivity contribution in [2.75, 3.05) is 12.0 Å². The summed E-state index contributed by atoms with van der Waals surface area (Å²) in [6.07, 6.45) is 0. The monoisotopic (exact) mass is 510 g/mol. The Morgan fingerprint density at radius 1 is 1.03 bits per heavy atom. The molecule has 170 valence electrons. The number of benzene rings is 3. The third kappa shape index (κ3) is 3.81. The molecule has 2 heterocycles. The highest BCUT2D eigenvalue weighted by atomic mass is 35.5. The van der Waals surface area contributed by atoms with Crippen LogP contribution >= 0.6 is 34.5 Å². The van der Waals surface area contributed by atoms with E-state index in [9.17, 15) is 14.7 Å². The zero-order chi connectivity index (χ0) is 24.0. The lowest BCUT2D eigenvalue weighted by Crippen LogP contribution is -2.29. The van der Waals surface area contributed by atoms with E-state index in [0.717, 1.165) is 4.70 Å². The molecule has 4 aromatic rings. The SMILES string of the molecule is COc1cccc(/C(O)=C2\C(=O)C(=O)N(c3nc4ccc(Cl)cc4s3)C2c2ccc(Cl)cc2)c1. The molecule has 0 saturated carbocycles. The molecule has 1 atom stereocenters. The van der Waals surface area contributed by atoms with Gasteiger partial charge >= 0.3 is 5.91 Å². The second-order valence-corrected chi connectivity index (χ2v) is 9.44. The number of anilines is 1. The van der Waals surface area contributed by atoms with E-state index < -0.39 is 17.7 Å². The highest BCUT2D eigenvalue weighted by Crippen LogP contribution is 2.44. The van der Waals surface area contributed by atoms with E-state index in [1.54, 1.807) is 66.7 Å². The van der Waals surface area contributed by atoms with Gasteiger partial charge in [0, 0.05) is 15.6 Å². The maximum atomic E-state index is 13.3. The lowest BCUT2D eigenvalue weighted by atomic mass is 9.95. The van der Waals surface area contributed by atoms with E-state index in [-0.39, 0.29) is 11.3 Å². The molecule has 3 aromatic carbocycles. The van der Waals surface area contributed by atoms with Crippen molar-refractivity contribution in [1.29, 1.82) is 0 Å². The number of thiazole rings is 1. The number of ether oxygens (including phenoxy) is 1. The van der Waals surface area contributed by atoms with Crippen molar-refractivity contribution < 1.29 is 19.4 Å². The Labute approximate surface area is 208 Å². The van der Waals surface area contributed by atoms with Gasteiger partial charge in [0.2, 0.25) is 0 Å². The van der Waals surface area contributed by atoms with E-state index in [2.05, 4.69) is 4.98 Å². The minimum Gasteiger partial charge on any atom is -0.507 e. The van der Waals surface area contributed by atoms with Crippen molar-refractivity contribution in [3.05, 3.63) is 93.5 Å². The number of aliphatic hydroxyl groups excluding tert-OH is 1. The number of halogens is 2. The summed E-state index contributed by atoms with van der Waals surface area (Å²) in [4.78, 5) is 32.4. The summed E-state index contributed by atoms with van der Waals surface area (Å²) in [6.45, 7) is 0. The van der Waals surface area contributed by atoms with E-state index in [4.69, 9.17) is 27.9 Å². The van der Waals surface area contributed by atoms with Crippen molar-refractivity contribution in [3.63, 3.8) is 0 Å². The Balaban J connectivity index is 1.73. The van der Waals surface area contributed by atoms with Gasteiger partial charge in [-0.1, -0.05) is 58.8 Å². The molecule has 0 bridgehead atoms. The predicted molar refractivity (Wildman–Crippen MR) is 134 cm³/mol. The molecule has 0 aliphatic carbocycles. The van der Waals surface area contributed by atoms with Crippen molar-refractivity contribution >= 4 is 67.3 Å². The quantitative estimate of drug-likeness (QED) is 0.199. The maximum Gasteiger partial charge on any atom is 0.301 e. The molecule has 1 amide bonds. The van der Waals surface area contributed by atoms with Crippen LogP contribution < -0.4 is 9.64 Å². The first kappa shape index (κ1) is 22.4. The Kier molecular flexibility index (Phi) is 5.77. The fraction of sp³-hybridized carbons (Fsp3) is 0.0800. The Morgan fingerprint density at radius 2 is 1.76 bits per heavy atom. The number of hydrogen-bond acceptors (Lipinski definition) is 6. The fourth-order valence-electron chi connectivity index (χ4n) is 3.91. The molecule has 34 heavy (non-hydrogen) atoms. The van der Waals surface area contributed by atoms with Crippen molar-refractivity contribution in [1.82, 2.24) is 4.98 Å². The van der Waals surface area contributed by atoms with Crippen LogP contribution in [0.1, 0.15) is 17.2 Å². The number of fused-ring (bicyclic) bond motifs is 1. The zero-order valence-corrected chi connectivity index (χ0v) is 20.0. The number of rotatable bonds is 4. The average Bonchev–Trinajstić information content (AvgIpc) is 3.37. The van der Waals surface area contributed by atoms with Gasteiger partial charge in [-0.25, -0.2) is 4.98 Å². The van der Waals surface area contributed by atoms with E-state index in [1.165, 1.54) is 23.3 Å². The van der Waals surface area contributed by atoms with Gasteiger partial charge in [-0.2, -0.15) is 0 Å². The summed E-state index contributed by atoms with van der Waals surface area (Å²) in [6, 6.07) is 17.7. The van der Waals surface area contributed by atoms with E-state index in [1.807, 2.05) is 0 Å². The van der Waals surface area contributed by atoms with Crippen LogP contribution in [0, 0.1) is 0 Å². The first-order chi connectivity index (χ1) is 16.4. The van der Waals surface area contributed by atoms with E-state index in [0.29, 0.717) is 37.6 Å². The lowest BCUT2D eigenvalue weighted by Gasteiger charge is -2.23. The van der Waals surface area contributed by atoms with E-state index >= 15 is 0 Å². The number of Topliss-reactive ketones (excluding diaryl/α,β-unsaturated/α-hetero) is 1. The first-order valence-corrected chi connectivity index (χ1v) is 11.7. The largest absolute Gasteiger partial charge is 0.507 e. The number of carbonyl (C=O) groups excluding carboxylic acids is 2. The van der Waals surface area contributed by atoms with Gasteiger partial charge < -0.3 is 9.84 Å². The second-order valence-electron chi connectivity index (χ2n) is 7.56. The predicted octanol–water partition coefficient (Wildman–Crippen LogP) is 6.24. The topological polar surface area (TPSA) is 79.7 Å². The van der Waals surface area contributed by atoms with Gasteiger partial charge in [-0.05, 0) is 48.0 Å². The van der Waals surface area contributed by atoms with Crippen molar-refractivity contribution in [3.8, 4) is 5.75 Å². The normalized spacial score (nSPS) is 17.5. The minimum atomic E-state index is -0.903. The third-order valence-corrected chi connectivity index (χ3v) is 7.02. The number of ketones is 1. The number of methoxy groups -OCH3 is 1. The summed E-state index contributed by atoms with van der Waals surface area (Å²) in [5.41, 5.74) is 1.56. The van der Waals surface area contributed by atoms with Crippen LogP contribution in [0.2, 0.25) is 10.0 Å². The van der Waals surface area contributed by atoms with Crippen LogP contribution in [0.3, 0.4) is 0 Å². The summed E-state index contributed by atoms with van der Waals surface area (Å²) in [7, 11) is 1.51. The van der Waals surface area contributed by atoms with Crippen molar-refractivity contribution in [2.24, 2.45) is 0 Å². The molecule has 0 radical (unpaired) electrons. The smallest absolute Gasteiger partial charge is 0.301 e. The highest BCUT2D eigenvalue weighted by Gasteiger charge is 2.48. The molecule has 0 spiro atoms. The number of aliphatic hydroxyl groups is 1. The minimum absolute atomic E-state index is 0.0436. The van der Waals surface area contributed by atoms with Gasteiger partial charge in [0.15, 0.2) is 5.13 Å². The summed E-state index contributed by atoms with van der Waals surface area (Å²) in [5.74, 6) is -1.39. The Hall–Kier alpha value is -3.39. The van der Waals surface area contributed by atoms with Crippen LogP contribution in [0.5, 0.6) is 5.75 Å². The van der Waals surface area contributed by atoms with Crippen LogP contribution in [-0.4, -0.2) is 28.9 Å². The summed E-state index contributed by atoms with van der Waals surface area (Å²) < 4.78 is 6.01. The van der Waals surface area contributed by atoms with Crippen molar-refractivity contribution in [2.45, 2.75) is 6.04 Å². The fourth-order valence-corrected chi connectivity index (χ4v) is 5.30. The average molecular weight is 511 g/mol. The highest BCUT2D eigenvalue weighted by molar-refractivity contribution is 7.22. The van der Waals surface area contributed by atoms with Crippen LogP contribution in [0.15, 0.2) is 72.3 Å². The number of hydrogen-bond donors (Lipinski definition) is 1. The molecular formula is C25H16Cl2N2O4S. The molecule has 9 heteroatoms. The number of carbonyl (C=O) groups is 2. The standard InChI is InChI=1S/C25H16Cl2N2O4S/c1-33-17-4-2-3-14(11-17)22(30)20-21(13-5-7-15(26)8-6-13)29(24(32)23(20)31)25-28-18-10-9-16(27)12-19(18)34-25/h2-12,21,30H,1H3/b22-20+. The molecule has 5 rings (SSSR count). The van der Waals surface area contributed by atoms with Crippen LogP contribution in [0.4, 0.5) is 5.13 Å². The van der Waals surface area contributed by atoms with Crippen LogP contribution in [-0.2, 0) is 9.59 Å². The number of aromatic nitrogens is 1. The third-order valence-electron chi connectivity index (χ3n) is 5.52. The second kappa shape index (κ2) is 8.76. The van der Waals surface area contributed by atoms with Gasteiger partial charge in [0.05, 0.1) is 28.9 Å². The van der Waals surface area contributed by atoms with Crippen LogP contribution in [0.25, 0.3) is 16.0 Å². The Morgan fingerprint density at radius 3 is 2.50 bits per heavy atom. The molecule has 1 unspecified atom stereocenters. The lowest BCUT2D eigenvalue weighted by molar-refractivity contribution is -0.132. The molecule has 1 aliphatic rings. The maximum absolute atomic E-state index is 13.3. The number of nitrogens with zero attached hydrogens (tertiary/aromatic N) is 2. The molecule has 1 aliphatic heterocycles. The van der Waals surface area contributed by atoms with Gasteiger partial charge in [-0.3, -0.25) is 14.5 Å². The molecule has 6 nitrogen and oxygen atoms in total. The molecule has 1 N–H and O–H groups in total. The van der Waals surface area contributed by atoms with Gasteiger partial charge in [-0.15, -0.1) is 0 Å². The molecule has 1 fully saturated rings. The summed E-state index contributed by atoms with van der Waals surface area (Å²) >= 11 is 13.4. The zero-order valence-electron chi connectivity index (χ0n) is 17.7. The first-order valence-electron chi connectivity index (χ1n) is 10.1. The Bertz CT molecular complexity index is 1480. The number of amides is 1. The van der Waals surface area contributed by atoms with Gasteiger partial charge in [0.1, 0.15) is 11.5 Å². The molecule has 1 saturated heterocycles. The molecule has 1 aromatic heterocycles.